The van der Waals surface area contributed by atoms with Gasteiger partial charge in [0, 0.05) is 15.8 Å². The van der Waals surface area contributed by atoms with Crippen molar-refractivity contribution < 1.29 is 16.5 Å². The van der Waals surface area contributed by atoms with Crippen LogP contribution in [0.25, 0.3) is 0 Å². The van der Waals surface area contributed by atoms with Crippen LogP contribution >= 0.6 is 15.8 Å². The van der Waals surface area contributed by atoms with E-state index in [1.807, 2.05) is 36.4 Å². The molecule has 0 spiro atoms. The molecule has 2 rings (SSSR count). The molecule has 0 unspecified atom stereocenters. The van der Waals surface area contributed by atoms with E-state index >= 15 is 0 Å². The predicted molar refractivity (Wildman–Crippen MR) is 147 cm³/mol. The van der Waals surface area contributed by atoms with Gasteiger partial charge in [-0.3, -0.25) is 0 Å². The molecule has 2 aromatic rings. The van der Waals surface area contributed by atoms with Crippen LogP contribution in [0, 0.1) is 6.07 Å². The molecule has 0 aromatic heterocycles. The van der Waals surface area contributed by atoms with E-state index in [2.05, 4.69) is 73.6 Å². The Morgan fingerprint density at radius 1 is 0.710 bits per heavy atom. The van der Waals surface area contributed by atoms with Crippen LogP contribution in [0.3, 0.4) is 0 Å². The minimum Gasteiger partial charge on any atom is -0.779 e. The molecule has 0 bridgehead atoms. The smallest absolute Gasteiger partial charge is 0.779 e. The Bertz CT molecular complexity index is 665. The van der Waals surface area contributed by atoms with Crippen LogP contribution < -0.4 is 0 Å². The molecule has 0 saturated carbocycles. The van der Waals surface area contributed by atoms with E-state index in [4.69, 9.17) is 12.6 Å². The molecule has 0 saturated heterocycles. The first-order chi connectivity index (χ1) is 14.1. The van der Waals surface area contributed by atoms with Crippen LogP contribution in [-0.4, -0.2) is 35.0 Å². The summed E-state index contributed by atoms with van der Waals surface area (Å²) < 4.78 is 0. The molecule has 4 heteroatoms. The van der Waals surface area contributed by atoms with Gasteiger partial charge in [-0.2, -0.15) is 40.8 Å². The van der Waals surface area contributed by atoms with Crippen molar-refractivity contribution in [3.8, 4) is 0 Å². The monoisotopic (exact) mass is 520 g/mol. The van der Waals surface area contributed by atoms with E-state index in [0.717, 1.165) is 34.0 Å². The zero-order valence-electron chi connectivity index (χ0n) is 20.8. The molecule has 0 heterocycles. The topological polar surface area (TPSA) is 0 Å². The second-order valence-electron chi connectivity index (χ2n) is 9.44. The number of hydrogen-bond donors (Lipinski definition) is 0. The summed E-state index contributed by atoms with van der Waals surface area (Å²) in [5, 5.41) is 0. The Balaban J connectivity index is 0.000000565. The predicted octanol–water partition coefficient (Wildman–Crippen LogP) is 8.03. The van der Waals surface area contributed by atoms with E-state index < -0.39 is 0 Å². The summed E-state index contributed by atoms with van der Waals surface area (Å²) in [4.78, 5) is 0.935. The van der Waals surface area contributed by atoms with E-state index in [1.165, 1.54) is 11.1 Å². The van der Waals surface area contributed by atoms with E-state index in [9.17, 15) is 0 Å². The van der Waals surface area contributed by atoms with Crippen molar-refractivity contribution in [3.63, 3.8) is 0 Å². The van der Waals surface area contributed by atoms with E-state index in [0.29, 0.717) is 0 Å². The SMILES string of the molecule is CC(C)[PH+](CC[PH+](C(C)C)C(C)C)C(C)C.[Ni+2].[S-]c1ccccc1Cc1[c-]cccc1. The molecule has 0 aliphatic rings. The minimum atomic E-state index is -0.114. The normalized spacial score (nSPS) is 11.3. The van der Waals surface area contributed by atoms with Crippen molar-refractivity contribution in [1.29, 1.82) is 0 Å². The molecule has 0 amide bonds. The molecule has 2 aromatic carbocycles. The van der Waals surface area contributed by atoms with Gasteiger partial charge in [0.1, 0.15) is 0 Å². The maximum absolute atomic E-state index is 5.24. The summed E-state index contributed by atoms with van der Waals surface area (Å²) in [6, 6.07) is 19.2. The molecular weight excluding hydrogens is 477 g/mol. The Labute approximate surface area is 211 Å². The Morgan fingerprint density at radius 3 is 1.55 bits per heavy atom. The zero-order chi connectivity index (χ0) is 22.7. The van der Waals surface area contributed by atoms with Gasteiger partial charge in [0.25, 0.3) is 0 Å². The maximum atomic E-state index is 5.24. The molecule has 0 fully saturated rings. The van der Waals surface area contributed by atoms with Gasteiger partial charge in [-0.15, -0.1) is 0 Å². The van der Waals surface area contributed by atoms with Gasteiger partial charge in [0.2, 0.25) is 0 Å². The summed E-state index contributed by atoms with van der Waals surface area (Å²) in [6.07, 6.45) is 4.00. The average Bonchev–Trinajstić information content (AvgIpc) is 2.67. The Kier molecular flexibility index (Phi) is 16.6. The summed E-state index contributed by atoms with van der Waals surface area (Å²) >= 11 is 5.24. The van der Waals surface area contributed by atoms with E-state index in [1.54, 1.807) is 12.3 Å². The van der Waals surface area contributed by atoms with Gasteiger partial charge in [-0.05, 0) is 61.8 Å². The second-order valence-corrected chi connectivity index (χ2v) is 17.8. The number of rotatable bonds is 9. The van der Waals surface area contributed by atoms with Gasteiger partial charge in [0.15, 0.2) is 0 Å². The van der Waals surface area contributed by atoms with Gasteiger partial charge < -0.3 is 12.6 Å². The summed E-state index contributed by atoms with van der Waals surface area (Å²) in [5.74, 6) is 0. The van der Waals surface area contributed by atoms with Crippen molar-refractivity contribution in [1.82, 2.24) is 0 Å². The van der Waals surface area contributed by atoms with Gasteiger partial charge in [-0.25, -0.2) is 0 Å². The minimum absolute atomic E-state index is 0. The average molecular weight is 521 g/mol. The van der Waals surface area contributed by atoms with E-state index in [-0.39, 0.29) is 32.3 Å². The Hall–Kier alpha value is 0.0135. The van der Waals surface area contributed by atoms with Crippen LogP contribution in [0.1, 0.15) is 66.5 Å². The zero-order valence-corrected chi connectivity index (χ0v) is 24.6. The maximum Gasteiger partial charge on any atom is 2.00 e. The van der Waals surface area contributed by atoms with Gasteiger partial charge >= 0.3 is 16.5 Å². The summed E-state index contributed by atoms with van der Waals surface area (Å²) in [6.45, 7) is 19.5. The van der Waals surface area contributed by atoms with Crippen molar-refractivity contribution in [2.45, 2.75) is 89.3 Å². The van der Waals surface area contributed by atoms with Crippen LogP contribution in [-0.2, 0) is 35.5 Å². The van der Waals surface area contributed by atoms with Crippen LogP contribution in [0.15, 0.2) is 53.4 Å². The fourth-order valence-electron chi connectivity index (χ4n) is 4.17. The van der Waals surface area contributed by atoms with Crippen molar-refractivity contribution in [2.24, 2.45) is 0 Å². The molecule has 0 aliphatic heterocycles. The third kappa shape index (κ3) is 12.2. The van der Waals surface area contributed by atoms with Crippen LogP contribution in [0.2, 0.25) is 0 Å². The van der Waals surface area contributed by atoms with Crippen LogP contribution in [0.4, 0.5) is 0 Å². The quantitative estimate of drug-likeness (QED) is 0.139. The molecule has 0 radical (unpaired) electrons. The molecule has 0 nitrogen and oxygen atoms in total. The molecule has 0 atom stereocenters. The molecular formula is C27H44NiP2S+2. The van der Waals surface area contributed by atoms with Crippen molar-refractivity contribution in [2.75, 3.05) is 12.3 Å². The first-order valence-corrected chi connectivity index (χ1v) is 15.7. The number of hydrogen-bond acceptors (Lipinski definition) is 1. The first kappa shape index (κ1) is 31.0. The first-order valence-electron chi connectivity index (χ1n) is 11.5. The van der Waals surface area contributed by atoms with Crippen molar-refractivity contribution >= 4 is 28.5 Å². The molecule has 31 heavy (non-hydrogen) atoms. The molecule has 0 N–H and O–H groups in total. The van der Waals surface area contributed by atoms with Crippen molar-refractivity contribution in [3.05, 3.63) is 65.7 Å². The second kappa shape index (κ2) is 16.6. The third-order valence-electron chi connectivity index (χ3n) is 5.80. The molecule has 176 valence electrons. The fourth-order valence-corrected chi connectivity index (χ4v) is 11.7. The summed E-state index contributed by atoms with van der Waals surface area (Å²) in [5.41, 5.74) is 6.19. The third-order valence-corrected chi connectivity index (χ3v) is 14.3. The largest absolute Gasteiger partial charge is 2.00 e. The summed E-state index contributed by atoms with van der Waals surface area (Å²) in [7, 11) is -0.229. The number of benzene rings is 2. The van der Waals surface area contributed by atoms with Crippen LogP contribution in [0.5, 0.6) is 0 Å². The van der Waals surface area contributed by atoms with Gasteiger partial charge in [0.05, 0.1) is 35.0 Å². The van der Waals surface area contributed by atoms with Gasteiger partial charge in [-0.1, -0.05) is 29.8 Å². The molecule has 0 aliphatic carbocycles. The fraction of sp³-hybridized carbons (Fsp3) is 0.556. The standard InChI is InChI=1S/C14H32P2.C13H11S.Ni/c1-11(2)15(12(3)4)9-10-16(13(5)6)14(7)8;14-13-9-5-4-8-12(13)10-11-6-2-1-3-7-11;/h11-14H,9-10H2,1-8H3;1-6,8-9,14H,10H2;/q;-1;+2/p+1. The Morgan fingerprint density at radius 2 is 1.16 bits per heavy atom.